The molecule has 0 aliphatic carbocycles. The van der Waals surface area contributed by atoms with Crippen LogP contribution in [0.4, 0.5) is 0 Å². The van der Waals surface area contributed by atoms with Crippen molar-refractivity contribution in [3.8, 4) is 0 Å². The smallest absolute Gasteiger partial charge is 0.246 e. The lowest BCUT2D eigenvalue weighted by Gasteiger charge is -2.31. The Morgan fingerprint density at radius 3 is 2.80 bits per heavy atom. The molecular formula is C19H22N2O3S. The number of piperidine rings is 1. The molecule has 3 rings (SSSR count). The van der Waals surface area contributed by atoms with Crippen molar-refractivity contribution in [3.05, 3.63) is 52.6 Å². The number of furan rings is 1. The number of likely N-dealkylation sites (tertiary alicyclic amines) is 1. The van der Waals surface area contributed by atoms with Crippen LogP contribution in [0.25, 0.3) is 6.08 Å². The monoisotopic (exact) mass is 358 g/mol. The second-order valence-corrected chi connectivity index (χ2v) is 7.21. The summed E-state index contributed by atoms with van der Waals surface area (Å²) >= 11 is 1.60. The molecule has 132 valence electrons. The van der Waals surface area contributed by atoms with E-state index in [-0.39, 0.29) is 11.8 Å². The summed E-state index contributed by atoms with van der Waals surface area (Å²) in [5.74, 6) is 1.20. The highest BCUT2D eigenvalue weighted by Crippen LogP contribution is 2.17. The summed E-state index contributed by atoms with van der Waals surface area (Å²) in [7, 11) is 0. The molecule has 1 aliphatic heterocycles. The molecule has 0 saturated carbocycles. The highest BCUT2D eigenvalue weighted by Gasteiger charge is 2.22. The Kier molecular flexibility index (Phi) is 6.06. The van der Waals surface area contributed by atoms with E-state index >= 15 is 0 Å². The average molecular weight is 358 g/mol. The Hall–Kier alpha value is -2.34. The van der Waals surface area contributed by atoms with Crippen LogP contribution in [0.1, 0.15) is 23.5 Å². The van der Waals surface area contributed by atoms with E-state index in [0.717, 1.165) is 30.8 Å². The number of rotatable bonds is 6. The van der Waals surface area contributed by atoms with Crippen LogP contribution in [0.2, 0.25) is 0 Å². The normalized spacial score (nSPS) is 15.6. The van der Waals surface area contributed by atoms with Crippen LogP contribution >= 0.6 is 11.3 Å². The highest BCUT2D eigenvalue weighted by molar-refractivity contribution is 7.10. The number of carbonyl (C=O) groups is 2. The quantitative estimate of drug-likeness (QED) is 0.808. The zero-order chi connectivity index (χ0) is 17.5. The van der Waals surface area contributed by atoms with E-state index in [9.17, 15) is 9.59 Å². The molecule has 6 heteroatoms. The van der Waals surface area contributed by atoms with Crippen molar-refractivity contribution >= 4 is 29.2 Å². The van der Waals surface area contributed by atoms with E-state index in [1.54, 1.807) is 35.8 Å². The van der Waals surface area contributed by atoms with Crippen LogP contribution in [-0.2, 0) is 16.0 Å². The van der Waals surface area contributed by atoms with Crippen molar-refractivity contribution in [3.63, 3.8) is 0 Å². The molecule has 1 aliphatic rings. The fraction of sp³-hybridized carbons (Fsp3) is 0.368. The lowest BCUT2D eigenvalue weighted by atomic mass is 9.96. The van der Waals surface area contributed by atoms with Gasteiger partial charge in [0, 0.05) is 30.6 Å². The Morgan fingerprint density at radius 2 is 2.12 bits per heavy atom. The minimum atomic E-state index is 0.0107. The maximum absolute atomic E-state index is 12.2. The number of carbonyl (C=O) groups excluding carboxylic acids is 2. The molecule has 0 bridgehead atoms. The van der Waals surface area contributed by atoms with Gasteiger partial charge in [0.05, 0.1) is 12.7 Å². The van der Waals surface area contributed by atoms with Crippen LogP contribution in [0.15, 0.2) is 46.4 Å². The second-order valence-electron chi connectivity index (χ2n) is 6.18. The summed E-state index contributed by atoms with van der Waals surface area (Å²) < 4.78 is 5.18. The van der Waals surface area contributed by atoms with Crippen molar-refractivity contribution < 1.29 is 14.0 Å². The minimum absolute atomic E-state index is 0.0107. The van der Waals surface area contributed by atoms with E-state index in [1.807, 2.05) is 28.5 Å². The molecule has 1 fully saturated rings. The van der Waals surface area contributed by atoms with Gasteiger partial charge >= 0.3 is 0 Å². The van der Waals surface area contributed by atoms with E-state index in [4.69, 9.17) is 4.42 Å². The molecule has 1 N–H and O–H groups in total. The predicted octanol–water partition coefficient (Wildman–Crippen LogP) is 2.95. The summed E-state index contributed by atoms with van der Waals surface area (Å²) in [6.45, 7) is 2.15. The second kappa shape index (κ2) is 8.67. The number of nitrogens with zero attached hydrogens (tertiary/aromatic N) is 1. The van der Waals surface area contributed by atoms with Crippen molar-refractivity contribution in [2.45, 2.75) is 19.3 Å². The van der Waals surface area contributed by atoms with Crippen LogP contribution < -0.4 is 5.32 Å². The first-order valence-electron chi connectivity index (χ1n) is 8.50. The molecule has 25 heavy (non-hydrogen) atoms. The summed E-state index contributed by atoms with van der Waals surface area (Å²) in [6, 6.07) is 7.54. The van der Waals surface area contributed by atoms with Gasteiger partial charge in [0.15, 0.2) is 0 Å². The van der Waals surface area contributed by atoms with Gasteiger partial charge in [-0.15, -0.1) is 11.3 Å². The van der Waals surface area contributed by atoms with Gasteiger partial charge < -0.3 is 14.6 Å². The van der Waals surface area contributed by atoms with E-state index in [0.29, 0.717) is 24.6 Å². The molecule has 2 aromatic rings. The van der Waals surface area contributed by atoms with Crippen LogP contribution in [0, 0.1) is 5.92 Å². The standard InChI is InChI=1S/C19H22N2O3S/c22-18(13-17-4-2-12-25-17)20-14-15-7-9-21(10-8-15)19(23)6-5-16-3-1-11-24-16/h1-6,11-12,15H,7-10,13-14H2,(H,20,22)/b6-5+. The summed E-state index contributed by atoms with van der Waals surface area (Å²) in [5.41, 5.74) is 0. The lowest BCUT2D eigenvalue weighted by Crippen LogP contribution is -2.41. The van der Waals surface area contributed by atoms with Gasteiger partial charge in [0.25, 0.3) is 0 Å². The molecule has 0 radical (unpaired) electrons. The zero-order valence-corrected chi connectivity index (χ0v) is 14.8. The van der Waals surface area contributed by atoms with Crippen LogP contribution in [0.3, 0.4) is 0 Å². The van der Waals surface area contributed by atoms with Gasteiger partial charge in [-0.3, -0.25) is 9.59 Å². The Labute approximate surface area is 151 Å². The largest absolute Gasteiger partial charge is 0.465 e. The Bertz CT molecular complexity index is 699. The fourth-order valence-electron chi connectivity index (χ4n) is 2.89. The topological polar surface area (TPSA) is 62.6 Å². The molecule has 1 saturated heterocycles. The molecule has 0 atom stereocenters. The third-order valence-electron chi connectivity index (χ3n) is 4.36. The van der Waals surface area contributed by atoms with E-state index in [1.165, 1.54) is 0 Å². The fourth-order valence-corrected chi connectivity index (χ4v) is 3.60. The third kappa shape index (κ3) is 5.32. The van der Waals surface area contributed by atoms with Gasteiger partial charge in [0.1, 0.15) is 5.76 Å². The Balaban J connectivity index is 1.36. The average Bonchev–Trinajstić information content (AvgIpc) is 3.32. The summed E-state index contributed by atoms with van der Waals surface area (Å²) in [4.78, 5) is 27.0. The molecule has 0 spiro atoms. The maximum atomic E-state index is 12.2. The molecule has 2 amide bonds. The van der Waals surface area contributed by atoms with E-state index < -0.39 is 0 Å². The first-order valence-corrected chi connectivity index (χ1v) is 9.38. The minimum Gasteiger partial charge on any atom is -0.465 e. The van der Waals surface area contributed by atoms with Gasteiger partial charge in [-0.05, 0) is 48.4 Å². The summed E-state index contributed by atoms with van der Waals surface area (Å²) in [5, 5.41) is 5.00. The van der Waals surface area contributed by atoms with Gasteiger partial charge in [0.2, 0.25) is 11.8 Å². The SMILES string of the molecule is O=C(Cc1cccs1)NCC1CCN(C(=O)/C=C/c2ccco2)CC1. The van der Waals surface area contributed by atoms with Crippen LogP contribution in [0.5, 0.6) is 0 Å². The maximum Gasteiger partial charge on any atom is 0.246 e. The number of hydrogen-bond donors (Lipinski definition) is 1. The molecular weight excluding hydrogens is 336 g/mol. The molecule has 3 heterocycles. The van der Waals surface area contributed by atoms with Gasteiger partial charge in [-0.2, -0.15) is 0 Å². The van der Waals surface area contributed by atoms with Crippen LogP contribution in [-0.4, -0.2) is 36.3 Å². The first kappa shape index (κ1) is 17.5. The molecule has 5 nitrogen and oxygen atoms in total. The molecule has 0 aromatic carbocycles. The third-order valence-corrected chi connectivity index (χ3v) is 5.24. The van der Waals surface area contributed by atoms with Crippen molar-refractivity contribution in [2.75, 3.05) is 19.6 Å². The number of hydrogen-bond acceptors (Lipinski definition) is 4. The number of amides is 2. The zero-order valence-electron chi connectivity index (χ0n) is 14.0. The number of thiophene rings is 1. The molecule has 2 aromatic heterocycles. The first-order chi connectivity index (χ1) is 12.2. The summed E-state index contributed by atoms with van der Waals surface area (Å²) in [6.07, 6.45) is 7.12. The van der Waals surface area contributed by atoms with Crippen molar-refractivity contribution in [1.29, 1.82) is 0 Å². The van der Waals surface area contributed by atoms with Gasteiger partial charge in [-0.1, -0.05) is 6.07 Å². The van der Waals surface area contributed by atoms with E-state index in [2.05, 4.69) is 5.32 Å². The predicted molar refractivity (Wildman–Crippen MR) is 98.1 cm³/mol. The van der Waals surface area contributed by atoms with Crippen molar-refractivity contribution in [1.82, 2.24) is 10.2 Å². The highest BCUT2D eigenvalue weighted by atomic mass is 32.1. The Morgan fingerprint density at radius 1 is 1.28 bits per heavy atom. The number of nitrogens with one attached hydrogen (secondary N) is 1. The lowest BCUT2D eigenvalue weighted by molar-refractivity contribution is -0.127. The van der Waals surface area contributed by atoms with Gasteiger partial charge in [-0.25, -0.2) is 0 Å². The van der Waals surface area contributed by atoms with Crippen molar-refractivity contribution in [2.24, 2.45) is 5.92 Å². The molecule has 0 unspecified atom stereocenters.